The average Bonchev–Trinajstić information content (AvgIpc) is 3.57. The highest BCUT2D eigenvalue weighted by Crippen LogP contribution is 2.29. The Morgan fingerprint density at radius 1 is 1.20 bits per heavy atom. The number of nitrogens with zero attached hydrogens (tertiary/aromatic N) is 2. The summed E-state index contributed by atoms with van der Waals surface area (Å²) in [6, 6.07) is 11.5. The lowest BCUT2D eigenvalue weighted by Crippen LogP contribution is -2.41. The van der Waals surface area contributed by atoms with Crippen molar-refractivity contribution in [1.82, 2.24) is 15.6 Å². The Kier molecular flexibility index (Phi) is 9.99. The van der Waals surface area contributed by atoms with Gasteiger partial charge >= 0.3 is 0 Å². The van der Waals surface area contributed by atoms with E-state index < -0.39 is 0 Å². The van der Waals surface area contributed by atoms with Crippen molar-refractivity contribution in [1.29, 1.82) is 0 Å². The van der Waals surface area contributed by atoms with E-state index in [-0.39, 0.29) is 30.1 Å². The zero-order valence-electron chi connectivity index (χ0n) is 17.8. The molecule has 1 unspecified atom stereocenters. The molecule has 1 heterocycles. The number of aromatic nitrogens is 1. The van der Waals surface area contributed by atoms with E-state index in [0.29, 0.717) is 30.8 Å². The van der Waals surface area contributed by atoms with Gasteiger partial charge in [0.05, 0.1) is 20.3 Å². The summed E-state index contributed by atoms with van der Waals surface area (Å²) in [5, 5.41) is 6.59. The fourth-order valence-corrected chi connectivity index (χ4v) is 2.72. The summed E-state index contributed by atoms with van der Waals surface area (Å²) >= 11 is 0. The molecular weight excluding hydrogens is 495 g/mol. The maximum Gasteiger partial charge on any atom is 0.213 e. The number of benzene rings is 1. The van der Waals surface area contributed by atoms with Gasteiger partial charge in [0.2, 0.25) is 5.88 Å². The minimum atomic E-state index is -0.0380. The second kappa shape index (κ2) is 12.5. The van der Waals surface area contributed by atoms with Gasteiger partial charge in [0.15, 0.2) is 5.96 Å². The normalized spacial score (nSPS) is 14.3. The first-order valence-electron chi connectivity index (χ1n) is 9.99. The zero-order valence-corrected chi connectivity index (χ0v) is 20.1. The maximum absolute atomic E-state index is 5.93. The third-order valence-corrected chi connectivity index (χ3v) is 4.58. The van der Waals surface area contributed by atoms with E-state index >= 15 is 0 Å². The molecule has 1 aromatic carbocycles. The number of halogens is 1. The van der Waals surface area contributed by atoms with Crippen LogP contribution in [0.5, 0.6) is 17.4 Å². The van der Waals surface area contributed by atoms with Gasteiger partial charge in [-0.3, -0.25) is 4.99 Å². The lowest BCUT2D eigenvalue weighted by atomic mass is 10.2. The second-order valence-electron chi connectivity index (χ2n) is 7.17. The van der Waals surface area contributed by atoms with E-state index in [1.807, 2.05) is 43.3 Å². The minimum absolute atomic E-state index is 0. The quantitative estimate of drug-likeness (QED) is 0.280. The van der Waals surface area contributed by atoms with Gasteiger partial charge in [-0.15, -0.1) is 24.0 Å². The molecule has 1 fully saturated rings. The van der Waals surface area contributed by atoms with E-state index in [4.69, 9.17) is 14.2 Å². The van der Waals surface area contributed by atoms with Gasteiger partial charge in [0, 0.05) is 31.9 Å². The first kappa shape index (κ1) is 24.0. The van der Waals surface area contributed by atoms with Crippen molar-refractivity contribution in [2.45, 2.75) is 32.4 Å². The van der Waals surface area contributed by atoms with Gasteiger partial charge in [-0.25, -0.2) is 4.98 Å². The smallest absolute Gasteiger partial charge is 0.213 e. The number of ether oxygens (including phenoxy) is 3. The molecule has 0 saturated heterocycles. The monoisotopic (exact) mass is 526 g/mol. The largest absolute Gasteiger partial charge is 0.497 e. The van der Waals surface area contributed by atoms with E-state index in [1.165, 1.54) is 12.8 Å². The molecule has 1 aromatic heterocycles. The van der Waals surface area contributed by atoms with E-state index in [1.54, 1.807) is 20.4 Å². The van der Waals surface area contributed by atoms with Crippen LogP contribution in [0.1, 0.15) is 25.3 Å². The lowest BCUT2D eigenvalue weighted by Gasteiger charge is -2.18. The number of hydrogen-bond donors (Lipinski definition) is 2. The van der Waals surface area contributed by atoms with E-state index in [2.05, 4.69) is 20.6 Å². The summed E-state index contributed by atoms with van der Waals surface area (Å²) in [7, 11) is 3.39. The molecule has 1 aliphatic rings. The van der Waals surface area contributed by atoms with E-state index in [0.717, 1.165) is 23.7 Å². The van der Waals surface area contributed by atoms with Gasteiger partial charge in [0.25, 0.3) is 0 Å². The third-order valence-electron chi connectivity index (χ3n) is 4.58. The first-order valence-corrected chi connectivity index (χ1v) is 9.99. The molecule has 1 aliphatic carbocycles. The van der Waals surface area contributed by atoms with Gasteiger partial charge in [-0.2, -0.15) is 0 Å². The number of methoxy groups -OCH3 is 1. The summed E-state index contributed by atoms with van der Waals surface area (Å²) in [6.45, 7) is 4.01. The molecule has 7 nitrogen and oxygen atoms in total. The number of nitrogens with one attached hydrogen (secondary N) is 2. The average molecular weight is 526 g/mol. The highest BCUT2D eigenvalue weighted by Gasteiger charge is 2.22. The minimum Gasteiger partial charge on any atom is -0.497 e. The lowest BCUT2D eigenvalue weighted by molar-refractivity contribution is 0.223. The molecule has 2 aromatic rings. The van der Waals surface area contributed by atoms with Crippen LogP contribution in [0.15, 0.2) is 47.6 Å². The predicted molar refractivity (Wildman–Crippen MR) is 129 cm³/mol. The predicted octanol–water partition coefficient (Wildman–Crippen LogP) is 3.63. The van der Waals surface area contributed by atoms with Crippen molar-refractivity contribution in [2.24, 2.45) is 10.9 Å². The standard InChI is InChI=1S/C22H30N4O3.HI/c1-16(29-20-6-4-5-19(12-20)27-3)13-25-22(23-2)26-14-18-9-10-24-21(11-18)28-15-17-7-8-17;/h4-6,9-12,16-17H,7-8,13-15H2,1-3H3,(H2,23,25,26);1H. The highest BCUT2D eigenvalue weighted by atomic mass is 127. The van der Waals surface area contributed by atoms with Crippen molar-refractivity contribution in [3.8, 4) is 17.4 Å². The molecule has 1 saturated carbocycles. The van der Waals surface area contributed by atoms with Crippen LogP contribution in [0.3, 0.4) is 0 Å². The third kappa shape index (κ3) is 8.25. The molecule has 0 amide bonds. The van der Waals surface area contributed by atoms with Crippen LogP contribution in [0.25, 0.3) is 0 Å². The van der Waals surface area contributed by atoms with Gasteiger partial charge in [-0.05, 0) is 49.4 Å². The second-order valence-corrected chi connectivity index (χ2v) is 7.17. The van der Waals surface area contributed by atoms with Gasteiger partial charge in [-0.1, -0.05) is 6.07 Å². The van der Waals surface area contributed by atoms with Crippen molar-refractivity contribution in [3.05, 3.63) is 48.2 Å². The topological polar surface area (TPSA) is 77.0 Å². The Labute approximate surface area is 195 Å². The summed E-state index contributed by atoms with van der Waals surface area (Å²) in [6.07, 6.45) is 4.27. The Balaban J connectivity index is 0.00000320. The van der Waals surface area contributed by atoms with Crippen molar-refractivity contribution < 1.29 is 14.2 Å². The molecule has 0 aliphatic heterocycles. The molecule has 3 rings (SSSR count). The van der Waals surface area contributed by atoms with Crippen LogP contribution in [-0.4, -0.2) is 44.4 Å². The van der Waals surface area contributed by atoms with Crippen LogP contribution in [-0.2, 0) is 6.54 Å². The summed E-state index contributed by atoms with van der Waals surface area (Å²) in [5.41, 5.74) is 1.09. The molecule has 1 atom stereocenters. The number of hydrogen-bond acceptors (Lipinski definition) is 5. The Bertz CT molecular complexity index is 814. The summed E-state index contributed by atoms with van der Waals surface area (Å²) in [5.74, 6) is 3.65. The Morgan fingerprint density at radius 3 is 2.73 bits per heavy atom. The van der Waals surface area contributed by atoms with Crippen LogP contribution in [0, 0.1) is 5.92 Å². The van der Waals surface area contributed by atoms with E-state index in [9.17, 15) is 0 Å². The Hall–Kier alpha value is -2.23. The van der Waals surface area contributed by atoms with Crippen LogP contribution in [0.2, 0.25) is 0 Å². The summed E-state index contributed by atoms with van der Waals surface area (Å²) in [4.78, 5) is 8.55. The number of pyridine rings is 1. The number of aliphatic imine (C=N–C) groups is 1. The maximum atomic E-state index is 5.93. The van der Waals surface area contributed by atoms with Crippen molar-refractivity contribution in [2.75, 3.05) is 27.3 Å². The first-order chi connectivity index (χ1) is 14.2. The molecule has 0 radical (unpaired) electrons. The molecular formula is C22H31IN4O3. The Morgan fingerprint density at radius 2 is 2.00 bits per heavy atom. The van der Waals surface area contributed by atoms with Crippen LogP contribution < -0.4 is 24.8 Å². The fraction of sp³-hybridized carbons (Fsp3) is 0.455. The molecule has 2 N–H and O–H groups in total. The van der Waals surface area contributed by atoms with Crippen molar-refractivity contribution in [3.63, 3.8) is 0 Å². The van der Waals surface area contributed by atoms with Gasteiger partial charge < -0.3 is 24.8 Å². The summed E-state index contributed by atoms with van der Waals surface area (Å²) < 4.78 is 16.9. The SMILES string of the molecule is CN=C(NCc1ccnc(OCC2CC2)c1)NCC(C)Oc1cccc(OC)c1.I. The zero-order chi connectivity index (χ0) is 20.5. The molecule has 0 spiro atoms. The molecule has 8 heteroatoms. The molecule has 0 bridgehead atoms. The van der Waals surface area contributed by atoms with Crippen LogP contribution in [0.4, 0.5) is 0 Å². The molecule has 30 heavy (non-hydrogen) atoms. The fourth-order valence-electron chi connectivity index (χ4n) is 2.72. The molecule has 164 valence electrons. The van der Waals surface area contributed by atoms with Crippen LogP contribution >= 0.6 is 24.0 Å². The van der Waals surface area contributed by atoms with Crippen molar-refractivity contribution >= 4 is 29.9 Å². The number of guanidine groups is 1. The van der Waals surface area contributed by atoms with Gasteiger partial charge in [0.1, 0.15) is 17.6 Å². The number of rotatable bonds is 10. The highest BCUT2D eigenvalue weighted by molar-refractivity contribution is 14.0.